The van der Waals surface area contributed by atoms with Crippen LogP contribution in [0.15, 0.2) is 121 Å². The maximum Gasteiger partial charge on any atom is 0.313 e. The van der Waals surface area contributed by atoms with Gasteiger partial charge < -0.3 is 4.74 Å². The molecule has 182 valence electrons. The van der Waals surface area contributed by atoms with Crippen molar-refractivity contribution in [1.29, 1.82) is 10.5 Å². The van der Waals surface area contributed by atoms with Gasteiger partial charge in [-0.15, -0.1) is 0 Å². The van der Waals surface area contributed by atoms with Crippen LogP contribution in [0.3, 0.4) is 0 Å². The van der Waals surface area contributed by atoms with E-state index in [0.29, 0.717) is 11.1 Å². The Kier molecular flexibility index (Phi) is 7.23. The smallest absolute Gasteiger partial charge is 0.313 e. The van der Waals surface area contributed by atoms with E-state index >= 15 is 0 Å². The van der Waals surface area contributed by atoms with Gasteiger partial charge in [0.05, 0.1) is 24.7 Å². The van der Waals surface area contributed by atoms with Crippen molar-refractivity contribution in [3.8, 4) is 12.1 Å². The Morgan fingerprint density at radius 2 is 1.00 bits per heavy atom. The summed E-state index contributed by atoms with van der Waals surface area (Å²) in [5, 5.41) is 21.9. The first kappa shape index (κ1) is 25.4. The van der Waals surface area contributed by atoms with Gasteiger partial charge in [0.1, 0.15) is 10.8 Å². The molecule has 37 heavy (non-hydrogen) atoms. The van der Waals surface area contributed by atoms with Gasteiger partial charge in [0, 0.05) is 0 Å². The van der Waals surface area contributed by atoms with Crippen molar-refractivity contribution in [3.63, 3.8) is 0 Å². The normalized spacial score (nSPS) is 13.0. The Hall–Kier alpha value is -4.67. The first-order chi connectivity index (χ1) is 18.0. The van der Waals surface area contributed by atoms with Gasteiger partial charge in [-0.25, -0.2) is 0 Å². The molecule has 1 atom stereocenters. The van der Waals surface area contributed by atoms with Crippen molar-refractivity contribution in [2.75, 3.05) is 7.11 Å². The van der Waals surface area contributed by atoms with Crippen LogP contribution in [-0.2, 0) is 20.4 Å². The lowest BCUT2D eigenvalue weighted by molar-refractivity contribution is -0.155. The Morgan fingerprint density at radius 3 is 1.30 bits per heavy atom. The van der Waals surface area contributed by atoms with Gasteiger partial charge in [-0.3, -0.25) is 4.79 Å². The highest BCUT2D eigenvalue weighted by Crippen LogP contribution is 2.55. The Bertz CT molecular complexity index is 1340. The second kappa shape index (κ2) is 10.5. The fourth-order valence-electron chi connectivity index (χ4n) is 5.53. The molecule has 4 nitrogen and oxygen atoms in total. The first-order valence-electron chi connectivity index (χ1n) is 12.1. The van der Waals surface area contributed by atoms with E-state index in [1.54, 1.807) is 6.92 Å². The second-order valence-electron chi connectivity index (χ2n) is 9.34. The summed E-state index contributed by atoms with van der Waals surface area (Å²) in [5.41, 5.74) is -1.36. The van der Waals surface area contributed by atoms with Crippen molar-refractivity contribution in [3.05, 3.63) is 144 Å². The van der Waals surface area contributed by atoms with E-state index in [9.17, 15) is 15.3 Å². The molecule has 0 aliphatic heterocycles. The molecule has 0 radical (unpaired) electrons. The lowest BCUT2D eigenvalue weighted by Crippen LogP contribution is -2.53. The number of nitrogens with zero attached hydrogens (tertiary/aromatic N) is 2. The lowest BCUT2D eigenvalue weighted by Gasteiger charge is -2.46. The van der Waals surface area contributed by atoms with E-state index in [4.69, 9.17) is 4.74 Å². The molecule has 0 aliphatic rings. The van der Waals surface area contributed by atoms with E-state index in [1.807, 2.05) is 121 Å². The topological polar surface area (TPSA) is 73.9 Å². The molecule has 0 heterocycles. The largest absolute Gasteiger partial charge is 0.469 e. The summed E-state index contributed by atoms with van der Waals surface area (Å²) < 4.78 is 5.43. The highest BCUT2D eigenvalue weighted by Gasteiger charge is 2.60. The van der Waals surface area contributed by atoms with Crippen LogP contribution in [0, 0.1) is 28.1 Å². The van der Waals surface area contributed by atoms with Crippen LogP contribution < -0.4 is 0 Å². The second-order valence-corrected chi connectivity index (χ2v) is 9.34. The van der Waals surface area contributed by atoms with Gasteiger partial charge in [-0.1, -0.05) is 121 Å². The molecule has 0 saturated heterocycles. The van der Waals surface area contributed by atoms with Crippen LogP contribution in [0.4, 0.5) is 0 Å². The molecular weight excluding hydrogens is 456 g/mol. The van der Waals surface area contributed by atoms with Crippen molar-refractivity contribution in [2.45, 2.75) is 24.2 Å². The Balaban J connectivity index is 2.09. The molecule has 0 fully saturated rings. The molecule has 0 amide bonds. The van der Waals surface area contributed by atoms with Crippen LogP contribution >= 0.6 is 0 Å². The minimum absolute atomic E-state index is 0.00848. The molecule has 1 unspecified atom stereocenters. The molecule has 4 rings (SSSR count). The summed E-state index contributed by atoms with van der Waals surface area (Å²) in [5.74, 6) is -0.562. The standard InChI is InChI=1S/C33H28N2O2/c1-31(30(36)37-2,33(25-35,28-19-11-5-12-20-28)29-21-13-6-14-22-29)23-32(24-34,26-15-7-3-8-16-26)27-17-9-4-10-18-27/h3-22H,23H2,1-2H3. The third-order valence-electron chi connectivity index (χ3n) is 7.39. The summed E-state index contributed by atoms with van der Waals surface area (Å²) >= 11 is 0. The number of carbonyl (C=O) groups is 1. The molecule has 0 bridgehead atoms. The third-order valence-corrected chi connectivity index (χ3v) is 7.39. The average Bonchev–Trinajstić information content (AvgIpc) is 2.98. The van der Waals surface area contributed by atoms with Crippen LogP contribution in [0.2, 0.25) is 0 Å². The lowest BCUT2D eigenvalue weighted by atomic mass is 9.52. The number of rotatable bonds is 8. The summed E-state index contributed by atoms with van der Waals surface area (Å²) in [4.78, 5) is 14.0. The molecular formula is C33H28N2O2. The minimum atomic E-state index is -1.47. The highest BCUT2D eigenvalue weighted by atomic mass is 16.5. The predicted octanol–water partition coefficient (Wildman–Crippen LogP) is 6.58. The number of esters is 1. The number of benzene rings is 4. The summed E-state index contributed by atoms with van der Waals surface area (Å²) in [6, 6.07) is 42.6. The molecule has 0 spiro atoms. The number of carbonyl (C=O) groups excluding carboxylic acids is 1. The zero-order valence-electron chi connectivity index (χ0n) is 21.0. The molecule has 4 aromatic rings. The van der Waals surface area contributed by atoms with Gasteiger partial charge in [0.2, 0.25) is 0 Å². The van der Waals surface area contributed by atoms with Crippen LogP contribution in [0.5, 0.6) is 0 Å². The van der Waals surface area contributed by atoms with Gasteiger partial charge in [-0.05, 0) is 35.6 Å². The van der Waals surface area contributed by atoms with Gasteiger partial charge in [0.25, 0.3) is 0 Å². The number of ether oxygens (including phenoxy) is 1. The van der Waals surface area contributed by atoms with Crippen molar-refractivity contribution < 1.29 is 9.53 Å². The quantitative estimate of drug-likeness (QED) is 0.265. The maximum atomic E-state index is 14.0. The average molecular weight is 485 g/mol. The Labute approximate surface area is 218 Å². The van der Waals surface area contributed by atoms with E-state index in [0.717, 1.165) is 11.1 Å². The van der Waals surface area contributed by atoms with Gasteiger partial charge >= 0.3 is 5.97 Å². The number of nitriles is 2. The van der Waals surface area contributed by atoms with Gasteiger partial charge in [0.15, 0.2) is 0 Å². The SMILES string of the molecule is COC(=O)C(C)(CC(C#N)(c1ccccc1)c1ccccc1)C(C#N)(c1ccccc1)c1ccccc1. The third kappa shape index (κ3) is 4.18. The monoisotopic (exact) mass is 484 g/mol. The molecule has 4 heteroatoms. The number of hydrogen-bond donors (Lipinski definition) is 0. The van der Waals surface area contributed by atoms with Gasteiger partial charge in [-0.2, -0.15) is 10.5 Å². The minimum Gasteiger partial charge on any atom is -0.469 e. The summed E-state index contributed by atoms with van der Waals surface area (Å²) in [7, 11) is 1.33. The van der Waals surface area contributed by atoms with E-state index in [2.05, 4.69) is 12.1 Å². The maximum absolute atomic E-state index is 14.0. The molecule has 0 N–H and O–H groups in total. The van der Waals surface area contributed by atoms with Crippen molar-refractivity contribution in [2.24, 2.45) is 5.41 Å². The zero-order valence-corrected chi connectivity index (χ0v) is 21.0. The number of methoxy groups -OCH3 is 1. The Morgan fingerprint density at radius 1 is 0.649 bits per heavy atom. The first-order valence-corrected chi connectivity index (χ1v) is 12.1. The molecule has 4 aromatic carbocycles. The van der Waals surface area contributed by atoms with Crippen LogP contribution in [-0.4, -0.2) is 13.1 Å². The molecule has 0 aromatic heterocycles. The van der Waals surface area contributed by atoms with E-state index in [-0.39, 0.29) is 6.42 Å². The molecule has 0 aliphatic carbocycles. The predicted molar refractivity (Wildman–Crippen MR) is 143 cm³/mol. The van der Waals surface area contributed by atoms with Crippen LogP contribution in [0.1, 0.15) is 35.6 Å². The van der Waals surface area contributed by atoms with E-state index in [1.165, 1.54) is 7.11 Å². The zero-order chi connectivity index (χ0) is 26.4. The number of hydrogen-bond acceptors (Lipinski definition) is 4. The fourth-order valence-corrected chi connectivity index (χ4v) is 5.53. The van der Waals surface area contributed by atoms with Crippen molar-refractivity contribution >= 4 is 5.97 Å². The van der Waals surface area contributed by atoms with E-state index < -0.39 is 22.2 Å². The highest BCUT2D eigenvalue weighted by molar-refractivity contribution is 5.82. The molecule has 0 saturated carbocycles. The summed E-state index contributed by atoms with van der Waals surface area (Å²) in [6.45, 7) is 1.75. The van der Waals surface area contributed by atoms with Crippen LogP contribution in [0.25, 0.3) is 0 Å². The fraction of sp³-hybridized carbons (Fsp3) is 0.182. The van der Waals surface area contributed by atoms with Crippen molar-refractivity contribution in [1.82, 2.24) is 0 Å². The summed E-state index contributed by atoms with van der Waals surface area (Å²) in [6.07, 6.45) is 0.00848.